The average Bonchev–Trinajstić information content (AvgIpc) is 3.24. The Morgan fingerprint density at radius 1 is 0.951 bits per heavy atom. The van der Waals surface area contributed by atoms with Gasteiger partial charge in [0, 0.05) is 13.6 Å². The van der Waals surface area contributed by atoms with Crippen molar-refractivity contribution in [3.63, 3.8) is 0 Å². The molecule has 0 spiro atoms. The number of imide groups is 1. The van der Waals surface area contributed by atoms with Crippen LogP contribution in [0.2, 0.25) is 0 Å². The number of ether oxygens (including phenoxy) is 2. The SMILES string of the molecule is CN1C[C@@H](C(=O)OC(C)(C)C)N(C(=O)[C@H](CCCCNC(=O)OCc2ccccc2)NOCc2ccccc2)C1=O. The zero-order chi connectivity index (χ0) is 29.8. The normalized spacial score (nSPS) is 15.9. The van der Waals surface area contributed by atoms with E-state index >= 15 is 0 Å². The van der Waals surface area contributed by atoms with Crippen molar-refractivity contribution < 1.29 is 33.5 Å². The zero-order valence-corrected chi connectivity index (χ0v) is 24.1. The van der Waals surface area contributed by atoms with Gasteiger partial charge >= 0.3 is 18.1 Å². The van der Waals surface area contributed by atoms with Crippen molar-refractivity contribution in [3.8, 4) is 0 Å². The third-order valence-electron chi connectivity index (χ3n) is 6.21. The minimum Gasteiger partial charge on any atom is -0.458 e. The number of urea groups is 1. The van der Waals surface area contributed by atoms with Crippen LogP contribution in [0.15, 0.2) is 60.7 Å². The number of rotatable bonds is 13. The van der Waals surface area contributed by atoms with Gasteiger partial charge in [-0.15, -0.1) is 0 Å². The summed E-state index contributed by atoms with van der Waals surface area (Å²) in [4.78, 5) is 59.4. The van der Waals surface area contributed by atoms with E-state index in [1.165, 1.54) is 11.9 Å². The van der Waals surface area contributed by atoms with Gasteiger partial charge in [-0.1, -0.05) is 60.7 Å². The summed E-state index contributed by atoms with van der Waals surface area (Å²) in [6.07, 6.45) is 0.833. The Kier molecular flexibility index (Phi) is 11.7. The minimum atomic E-state index is -1.07. The molecule has 1 fully saturated rings. The fraction of sp³-hybridized carbons (Fsp3) is 0.467. The van der Waals surface area contributed by atoms with Gasteiger partial charge in [0.05, 0.1) is 13.2 Å². The Hall–Kier alpha value is -3.96. The molecule has 2 N–H and O–H groups in total. The highest BCUT2D eigenvalue weighted by Crippen LogP contribution is 2.21. The van der Waals surface area contributed by atoms with E-state index in [0.717, 1.165) is 16.0 Å². The van der Waals surface area contributed by atoms with Crippen LogP contribution in [0.5, 0.6) is 0 Å². The maximum absolute atomic E-state index is 13.7. The van der Waals surface area contributed by atoms with Crippen molar-refractivity contribution in [2.45, 2.75) is 70.9 Å². The highest BCUT2D eigenvalue weighted by atomic mass is 16.6. The second-order valence-electron chi connectivity index (χ2n) is 10.8. The lowest BCUT2D eigenvalue weighted by atomic mass is 10.1. The van der Waals surface area contributed by atoms with E-state index in [4.69, 9.17) is 14.3 Å². The van der Waals surface area contributed by atoms with Gasteiger partial charge < -0.3 is 19.7 Å². The van der Waals surface area contributed by atoms with E-state index in [1.54, 1.807) is 20.8 Å². The third-order valence-corrected chi connectivity index (χ3v) is 6.21. The van der Waals surface area contributed by atoms with Crippen LogP contribution < -0.4 is 10.8 Å². The highest BCUT2D eigenvalue weighted by Gasteiger charge is 2.47. The molecule has 222 valence electrons. The quantitative estimate of drug-likeness (QED) is 0.212. The number of nitrogens with zero attached hydrogens (tertiary/aromatic N) is 2. The first kappa shape index (κ1) is 31.6. The number of carbonyl (C=O) groups excluding carboxylic acids is 4. The molecule has 0 bridgehead atoms. The lowest BCUT2D eigenvalue weighted by Crippen LogP contribution is -2.53. The Morgan fingerprint density at radius 3 is 2.17 bits per heavy atom. The molecule has 11 heteroatoms. The van der Waals surface area contributed by atoms with Crippen LogP contribution in [-0.4, -0.2) is 71.6 Å². The van der Waals surface area contributed by atoms with E-state index in [2.05, 4.69) is 10.8 Å². The first-order valence-corrected chi connectivity index (χ1v) is 13.7. The van der Waals surface area contributed by atoms with Crippen LogP contribution in [0.4, 0.5) is 9.59 Å². The molecule has 0 aromatic heterocycles. The first-order chi connectivity index (χ1) is 19.5. The van der Waals surface area contributed by atoms with Crippen molar-refractivity contribution in [2.24, 2.45) is 0 Å². The number of carbonyl (C=O) groups is 4. The van der Waals surface area contributed by atoms with Gasteiger partial charge in [0.15, 0.2) is 6.04 Å². The van der Waals surface area contributed by atoms with Crippen molar-refractivity contribution >= 4 is 24.0 Å². The maximum Gasteiger partial charge on any atom is 0.407 e. The molecule has 1 aliphatic heterocycles. The molecule has 1 aliphatic rings. The molecule has 0 aliphatic carbocycles. The van der Waals surface area contributed by atoms with Gasteiger partial charge in [0.1, 0.15) is 18.2 Å². The average molecular weight is 569 g/mol. The summed E-state index contributed by atoms with van der Waals surface area (Å²) < 4.78 is 10.7. The number of amides is 4. The van der Waals surface area contributed by atoms with Crippen LogP contribution in [0.1, 0.15) is 51.2 Å². The van der Waals surface area contributed by atoms with E-state index in [0.29, 0.717) is 25.8 Å². The predicted octanol–water partition coefficient (Wildman–Crippen LogP) is 3.78. The standard InChI is InChI=1S/C30H40N4O7/c1-30(2,3)41-27(36)25-19-33(4)29(38)34(25)26(35)24(32-40-21-23-15-9-6-10-16-23)17-11-12-18-31-28(37)39-20-22-13-7-5-8-14-22/h5-10,13-16,24-25,32H,11-12,17-21H2,1-4H3,(H,31,37)/t24-,25-/m0/s1. The predicted molar refractivity (Wildman–Crippen MR) is 151 cm³/mol. The Labute approximate surface area is 241 Å². The van der Waals surface area contributed by atoms with Crippen LogP contribution >= 0.6 is 0 Å². The minimum absolute atomic E-state index is 0.0338. The second kappa shape index (κ2) is 15.2. The van der Waals surface area contributed by atoms with Gasteiger partial charge in [0.25, 0.3) is 5.91 Å². The second-order valence-corrected chi connectivity index (χ2v) is 10.8. The van der Waals surface area contributed by atoms with Crippen LogP contribution in [0.25, 0.3) is 0 Å². The molecule has 2 aromatic rings. The number of hydroxylamine groups is 1. The first-order valence-electron chi connectivity index (χ1n) is 13.7. The van der Waals surface area contributed by atoms with Crippen LogP contribution in [-0.2, 0) is 37.1 Å². The number of unbranched alkanes of at least 4 members (excludes halogenated alkanes) is 1. The zero-order valence-electron chi connectivity index (χ0n) is 24.1. The lowest BCUT2D eigenvalue weighted by molar-refractivity contribution is -0.162. The topological polar surface area (TPSA) is 127 Å². The van der Waals surface area contributed by atoms with Gasteiger partial charge in [-0.05, 0) is 51.2 Å². The summed E-state index contributed by atoms with van der Waals surface area (Å²) in [5, 5.41) is 2.70. The number of alkyl carbamates (subject to hydrolysis) is 1. The molecule has 0 saturated carbocycles. The molecule has 3 rings (SSSR count). The Morgan fingerprint density at radius 2 is 1.56 bits per heavy atom. The largest absolute Gasteiger partial charge is 0.458 e. The monoisotopic (exact) mass is 568 g/mol. The van der Waals surface area contributed by atoms with Gasteiger partial charge in [-0.25, -0.2) is 19.3 Å². The fourth-order valence-electron chi connectivity index (χ4n) is 4.17. The van der Waals surface area contributed by atoms with Crippen LogP contribution in [0.3, 0.4) is 0 Å². The Bertz CT molecular complexity index is 1150. The fourth-order valence-corrected chi connectivity index (χ4v) is 4.17. The number of likely N-dealkylation sites (N-methyl/N-ethyl adjacent to an activating group) is 1. The third kappa shape index (κ3) is 10.2. The molecule has 0 unspecified atom stereocenters. The Balaban J connectivity index is 1.57. The van der Waals surface area contributed by atoms with Gasteiger partial charge in [-0.3, -0.25) is 9.63 Å². The van der Waals surface area contributed by atoms with Crippen LogP contribution in [0, 0.1) is 0 Å². The molecule has 4 amide bonds. The summed E-state index contributed by atoms with van der Waals surface area (Å²) >= 11 is 0. The summed E-state index contributed by atoms with van der Waals surface area (Å²) in [6.45, 7) is 5.92. The molecule has 11 nitrogen and oxygen atoms in total. The van der Waals surface area contributed by atoms with Gasteiger partial charge in [0.2, 0.25) is 0 Å². The molecule has 41 heavy (non-hydrogen) atoms. The molecular weight excluding hydrogens is 528 g/mol. The molecule has 2 aromatic carbocycles. The number of esters is 1. The van der Waals surface area contributed by atoms with E-state index in [9.17, 15) is 19.2 Å². The van der Waals surface area contributed by atoms with E-state index < -0.39 is 41.7 Å². The number of hydrogen-bond donors (Lipinski definition) is 2. The molecular formula is C30H40N4O7. The van der Waals surface area contributed by atoms with Crippen molar-refractivity contribution in [1.29, 1.82) is 0 Å². The summed E-state index contributed by atoms with van der Waals surface area (Å²) in [6, 6.07) is 16.2. The van der Waals surface area contributed by atoms with E-state index in [-0.39, 0.29) is 19.8 Å². The molecule has 1 heterocycles. The lowest BCUT2D eigenvalue weighted by Gasteiger charge is -2.28. The van der Waals surface area contributed by atoms with Crippen molar-refractivity contribution in [3.05, 3.63) is 71.8 Å². The molecule has 2 atom stereocenters. The van der Waals surface area contributed by atoms with Crippen molar-refractivity contribution in [2.75, 3.05) is 20.1 Å². The molecule has 0 radical (unpaired) electrons. The van der Waals surface area contributed by atoms with Gasteiger partial charge in [-0.2, -0.15) is 5.48 Å². The van der Waals surface area contributed by atoms with Crippen molar-refractivity contribution in [1.82, 2.24) is 20.6 Å². The smallest absolute Gasteiger partial charge is 0.407 e. The van der Waals surface area contributed by atoms with E-state index in [1.807, 2.05) is 60.7 Å². The maximum atomic E-state index is 13.7. The number of nitrogens with one attached hydrogen (secondary N) is 2. The summed E-state index contributed by atoms with van der Waals surface area (Å²) in [5.41, 5.74) is 3.81. The summed E-state index contributed by atoms with van der Waals surface area (Å²) in [5.74, 6) is -1.23. The number of benzene rings is 2. The number of hydrogen-bond acceptors (Lipinski definition) is 8. The summed E-state index contributed by atoms with van der Waals surface area (Å²) in [7, 11) is 1.53. The highest BCUT2D eigenvalue weighted by molar-refractivity contribution is 6.03. The molecule has 1 saturated heterocycles.